The molecule has 0 N–H and O–H groups in total. The van der Waals surface area contributed by atoms with Crippen LogP contribution in [0.2, 0.25) is 0 Å². The van der Waals surface area contributed by atoms with Gasteiger partial charge in [-0.3, -0.25) is 0 Å². The highest BCUT2D eigenvalue weighted by atomic mass is 14.2. The first kappa shape index (κ1) is 11.6. The number of rotatable bonds is 0. The van der Waals surface area contributed by atoms with E-state index in [1.807, 2.05) is 12.1 Å². The fraction of sp³-hybridized carbons (Fsp3) is 0.333. The summed E-state index contributed by atoms with van der Waals surface area (Å²) in [6.45, 7) is 12.4. The molecule has 0 aliphatic rings. The van der Waals surface area contributed by atoms with Gasteiger partial charge in [0.15, 0.2) is 0 Å². The van der Waals surface area contributed by atoms with Crippen molar-refractivity contribution in [2.24, 2.45) is 5.41 Å². The molecule has 0 atom stereocenters. The Morgan fingerprint density at radius 2 is 1.93 bits per heavy atom. The zero-order chi connectivity index (χ0) is 11.5. The molecule has 0 saturated carbocycles. The lowest BCUT2D eigenvalue weighted by Gasteiger charge is -2.16. The monoisotopic (exact) mass is 198 g/mol. The first-order chi connectivity index (χ1) is 6.89. The summed E-state index contributed by atoms with van der Waals surface area (Å²) in [6, 6.07) is 8.21. The molecule has 0 radical (unpaired) electrons. The van der Waals surface area contributed by atoms with Crippen molar-refractivity contribution < 1.29 is 0 Å². The van der Waals surface area contributed by atoms with E-state index in [1.54, 1.807) is 0 Å². The van der Waals surface area contributed by atoms with E-state index in [0.29, 0.717) is 0 Å². The molecule has 1 rings (SSSR count). The van der Waals surface area contributed by atoms with Crippen molar-refractivity contribution in [1.82, 2.24) is 0 Å². The van der Waals surface area contributed by atoms with Crippen LogP contribution in [-0.4, -0.2) is 0 Å². The molecule has 0 saturated heterocycles. The van der Waals surface area contributed by atoms with Crippen molar-refractivity contribution in [3.05, 3.63) is 47.5 Å². The van der Waals surface area contributed by atoms with Crippen molar-refractivity contribution in [3.63, 3.8) is 0 Å². The SMILES string of the molecule is C=C(C#Cc1cccc(C)c1)C(C)(C)C. The number of hydrogen-bond donors (Lipinski definition) is 0. The van der Waals surface area contributed by atoms with Crippen molar-refractivity contribution in [3.8, 4) is 11.8 Å². The van der Waals surface area contributed by atoms with Gasteiger partial charge in [-0.25, -0.2) is 0 Å². The molecular formula is C15H18. The molecule has 0 bridgehead atoms. The summed E-state index contributed by atoms with van der Waals surface area (Å²) in [6.07, 6.45) is 0. The maximum atomic E-state index is 3.99. The molecule has 0 aromatic heterocycles. The third kappa shape index (κ3) is 3.64. The molecule has 1 aromatic rings. The van der Waals surface area contributed by atoms with Gasteiger partial charge in [0.05, 0.1) is 0 Å². The second-order valence-electron chi connectivity index (χ2n) is 4.85. The van der Waals surface area contributed by atoms with Gasteiger partial charge in [-0.15, -0.1) is 0 Å². The molecule has 0 aliphatic heterocycles. The van der Waals surface area contributed by atoms with Crippen molar-refractivity contribution >= 4 is 0 Å². The van der Waals surface area contributed by atoms with Crippen LogP contribution in [0.15, 0.2) is 36.4 Å². The molecule has 0 heterocycles. The van der Waals surface area contributed by atoms with Crippen molar-refractivity contribution in [1.29, 1.82) is 0 Å². The lowest BCUT2D eigenvalue weighted by molar-refractivity contribution is 0.523. The molecule has 0 unspecified atom stereocenters. The van der Waals surface area contributed by atoms with E-state index in [9.17, 15) is 0 Å². The Bertz CT molecular complexity index is 419. The normalized spacial score (nSPS) is 10.4. The summed E-state index contributed by atoms with van der Waals surface area (Å²) in [5.74, 6) is 6.26. The van der Waals surface area contributed by atoms with Gasteiger partial charge in [-0.05, 0) is 30.0 Å². The average molecular weight is 198 g/mol. The highest BCUT2D eigenvalue weighted by Gasteiger charge is 2.12. The Morgan fingerprint density at radius 1 is 1.27 bits per heavy atom. The number of allylic oxidation sites excluding steroid dienone is 1. The third-order valence-corrected chi connectivity index (χ3v) is 2.28. The Kier molecular flexibility index (Phi) is 3.37. The summed E-state index contributed by atoms with van der Waals surface area (Å²) in [4.78, 5) is 0. The van der Waals surface area contributed by atoms with Crippen LogP contribution >= 0.6 is 0 Å². The smallest absolute Gasteiger partial charge is 0.0251 e. The predicted octanol–water partition coefficient (Wildman–Crippen LogP) is 3.95. The minimum absolute atomic E-state index is 0.0663. The number of benzene rings is 1. The average Bonchev–Trinajstić information content (AvgIpc) is 2.12. The van der Waals surface area contributed by atoms with Gasteiger partial charge >= 0.3 is 0 Å². The quantitative estimate of drug-likeness (QED) is 0.554. The summed E-state index contributed by atoms with van der Waals surface area (Å²) < 4.78 is 0. The lowest BCUT2D eigenvalue weighted by atomic mass is 9.88. The van der Waals surface area contributed by atoms with Gasteiger partial charge in [-0.2, -0.15) is 0 Å². The Hall–Kier alpha value is -1.48. The molecule has 1 aromatic carbocycles. The summed E-state index contributed by atoms with van der Waals surface area (Å²) in [5, 5.41) is 0. The zero-order valence-corrected chi connectivity index (χ0v) is 10.0. The molecule has 0 spiro atoms. The van der Waals surface area contributed by atoms with Crippen LogP contribution in [-0.2, 0) is 0 Å². The number of aryl methyl sites for hydroxylation is 1. The van der Waals surface area contributed by atoms with E-state index in [1.165, 1.54) is 5.56 Å². The van der Waals surface area contributed by atoms with E-state index in [-0.39, 0.29) is 5.41 Å². The molecule has 0 heteroatoms. The minimum Gasteiger partial charge on any atom is -0.0869 e. The Balaban J connectivity index is 2.88. The van der Waals surface area contributed by atoms with Gasteiger partial charge in [-0.1, -0.05) is 51.3 Å². The second kappa shape index (κ2) is 4.36. The molecule has 0 amide bonds. The van der Waals surface area contributed by atoms with Gasteiger partial charge in [0.2, 0.25) is 0 Å². The lowest BCUT2D eigenvalue weighted by Crippen LogP contribution is -2.06. The Labute approximate surface area is 93.0 Å². The fourth-order valence-electron chi connectivity index (χ4n) is 1.06. The van der Waals surface area contributed by atoms with E-state index < -0.39 is 0 Å². The van der Waals surface area contributed by atoms with Crippen molar-refractivity contribution in [2.45, 2.75) is 27.7 Å². The minimum atomic E-state index is 0.0663. The van der Waals surface area contributed by atoms with Crippen LogP contribution in [0.4, 0.5) is 0 Å². The molecule has 15 heavy (non-hydrogen) atoms. The fourth-order valence-corrected chi connectivity index (χ4v) is 1.06. The summed E-state index contributed by atoms with van der Waals surface area (Å²) in [7, 11) is 0. The second-order valence-corrected chi connectivity index (χ2v) is 4.85. The third-order valence-electron chi connectivity index (χ3n) is 2.28. The van der Waals surface area contributed by atoms with E-state index in [0.717, 1.165) is 11.1 Å². The highest BCUT2D eigenvalue weighted by molar-refractivity contribution is 5.42. The molecule has 0 aliphatic carbocycles. The Morgan fingerprint density at radius 3 is 2.47 bits per heavy atom. The topological polar surface area (TPSA) is 0 Å². The van der Waals surface area contributed by atoms with Gasteiger partial charge in [0.1, 0.15) is 0 Å². The maximum Gasteiger partial charge on any atom is 0.0251 e. The van der Waals surface area contributed by atoms with E-state index >= 15 is 0 Å². The first-order valence-electron chi connectivity index (χ1n) is 5.17. The highest BCUT2D eigenvalue weighted by Crippen LogP contribution is 2.22. The molecular weight excluding hydrogens is 180 g/mol. The van der Waals surface area contributed by atoms with Crippen LogP contribution < -0.4 is 0 Å². The van der Waals surface area contributed by atoms with Crippen LogP contribution in [0, 0.1) is 24.2 Å². The predicted molar refractivity (Wildman–Crippen MR) is 66.7 cm³/mol. The maximum absolute atomic E-state index is 3.99. The van der Waals surface area contributed by atoms with Gasteiger partial charge < -0.3 is 0 Å². The number of hydrogen-bond acceptors (Lipinski definition) is 0. The molecule has 78 valence electrons. The van der Waals surface area contributed by atoms with Crippen LogP contribution in [0.1, 0.15) is 31.9 Å². The van der Waals surface area contributed by atoms with Crippen LogP contribution in [0.5, 0.6) is 0 Å². The molecule has 0 nitrogen and oxygen atoms in total. The largest absolute Gasteiger partial charge is 0.0869 e. The van der Waals surface area contributed by atoms with Crippen molar-refractivity contribution in [2.75, 3.05) is 0 Å². The van der Waals surface area contributed by atoms with Gasteiger partial charge in [0.25, 0.3) is 0 Å². The zero-order valence-electron chi connectivity index (χ0n) is 10.0. The standard InChI is InChI=1S/C15H18/c1-12-7-6-8-14(11-12)10-9-13(2)15(3,4)5/h6-8,11H,2H2,1,3-5H3. The van der Waals surface area contributed by atoms with Crippen LogP contribution in [0.3, 0.4) is 0 Å². The summed E-state index contributed by atoms with van der Waals surface area (Å²) >= 11 is 0. The van der Waals surface area contributed by atoms with E-state index in [2.05, 4.69) is 58.2 Å². The first-order valence-corrected chi connectivity index (χ1v) is 5.17. The summed E-state index contributed by atoms with van der Waals surface area (Å²) in [5.41, 5.74) is 3.34. The van der Waals surface area contributed by atoms with E-state index in [4.69, 9.17) is 0 Å². The van der Waals surface area contributed by atoms with Crippen LogP contribution in [0.25, 0.3) is 0 Å². The van der Waals surface area contributed by atoms with Gasteiger partial charge in [0, 0.05) is 11.1 Å². The molecule has 0 fully saturated rings.